The topological polar surface area (TPSA) is 77.1 Å². The Balaban J connectivity index is 0.00000226. The number of fused-ring (bicyclic) bond motifs is 1. The molecular formula is C32H45ClN2O5S. The van der Waals surface area contributed by atoms with Crippen molar-refractivity contribution in [3.05, 3.63) is 64.7 Å². The number of aryl methyl sites for hydroxylation is 1. The predicted molar refractivity (Wildman–Crippen MR) is 167 cm³/mol. The Labute approximate surface area is 253 Å². The number of halogens is 1. The summed E-state index contributed by atoms with van der Waals surface area (Å²) in [6.45, 7) is 10.5. The Morgan fingerprint density at radius 1 is 1.17 bits per heavy atom. The monoisotopic (exact) mass is 604 g/mol. The van der Waals surface area contributed by atoms with Gasteiger partial charge in [-0.25, -0.2) is 4.21 Å². The quantitative estimate of drug-likeness (QED) is 0.395. The van der Waals surface area contributed by atoms with E-state index in [4.69, 9.17) is 25.8 Å². The average molecular weight is 605 g/mol. The Kier molecular flexibility index (Phi) is 13.7. The predicted octanol–water partition coefficient (Wildman–Crippen LogP) is 6.46. The van der Waals surface area contributed by atoms with Crippen molar-refractivity contribution in [2.24, 2.45) is 5.92 Å². The molecule has 4 rings (SSSR count). The van der Waals surface area contributed by atoms with Gasteiger partial charge in [-0.2, -0.15) is 0 Å². The van der Waals surface area contributed by atoms with Gasteiger partial charge in [-0.3, -0.25) is 9.52 Å². The Morgan fingerprint density at radius 3 is 2.71 bits per heavy atom. The van der Waals surface area contributed by atoms with Crippen molar-refractivity contribution in [2.45, 2.75) is 70.3 Å². The van der Waals surface area contributed by atoms with Crippen LogP contribution in [0.4, 0.5) is 5.69 Å². The number of nitrogens with one attached hydrogen (secondary N) is 1. The van der Waals surface area contributed by atoms with Gasteiger partial charge >= 0.3 is 0 Å². The minimum absolute atomic E-state index is 0.0647. The van der Waals surface area contributed by atoms with Gasteiger partial charge < -0.3 is 19.1 Å². The number of rotatable bonds is 5. The fourth-order valence-electron chi connectivity index (χ4n) is 5.40. The van der Waals surface area contributed by atoms with Crippen LogP contribution in [0.5, 0.6) is 5.75 Å². The molecule has 7 nitrogen and oxygen atoms in total. The van der Waals surface area contributed by atoms with Crippen LogP contribution in [0.25, 0.3) is 0 Å². The molecule has 4 unspecified atom stereocenters. The molecular weight excluding hydrogens is 560 g/mol. The summed E-state index contributed by atoms with van der Waals surface area (Å²) >= 11 is 6.37. The normalized spacial score (nSPS) is 24.2. The Morgan fingerprint density at radius 2 is 1.98 bits per heavy atom. The number of ether oxygens (including phenoxy) is 3. The number of methoxy groups -OCH3 is 1. The number of hydrogen-bond donors (Lipinski definition) is 1. The maximum Gasteiger partial charge on any atom is 0.257 e. The molecule has 1 N–H and O–H groups in total. The standard InChI is InChI=1S/C30H39ClN2O5S.C2H6/c1-4-7-22-16-24(31)9-11-26(22)23-18-33-14-13-21(5-2)28(36-3)8-6-15-37-20-30(34)32-39(35)25-10-12-29(38-19-23)27(33)17-25;1-2/h6,8-12,16-17,21,23,28H,4-5,7,13-15,18-20H2,1-3H3,(H,32,34);1-2H3/b8-6+;. The summed E-state index contributed by atoms with van der Waals surface area (Å²) in [5, 5.41) is 0.744. The van der Waals surface area contributed by atoms with E-state index in [-0.39, 0.29) is 31.2 Å². The maximum absolute atomic E-state index is 13.0. The number of nitrogens with zero attached hydrogens (tertiary/aromatic N) is 1. The van der Waals surface area contributed by atoms with Crippen LogP contribution >= 0.6 is 11.6 Å². The Bertz CT molecular complexity index is 1190. The number of hydrogen-bond acceptors (Lipinski definition) is 6. The van der Waals surface area contributed by atoms with Crippen LogP contribution in [0.3, 0.4) is 0 Å². The summed E-state index contributed by atoms with van der Waals surface area (Å²) in [6.07, 6.45) is 7.67. The zero-order chi connectivity index (χ0) is 29.8. The molecule has 0 radical (unpaired) electrons. The van der Waals surface area contributed by atoms with Gasteiger partial charge in [0.05, 0.1) is 29.9 Å². The molecule has 9 heteroatoms. The fraction of sp³-hybridized carbons (Fsp3) is 0.531. The fourth-order valence-corrected chi connectivity index (χ4v) is 6.39. The van der Waals surface area contributed by atoms with Gasteiger partial charge in [0.15, 0.2) is 11.0 Å². The first-order chi connectivity index (χ1) is 19.9. The van der Waals surface area contributed by atoms with Crippen LogP contribution in [0.1, 0.15) is 64.0 Å². The molecule has 0 aromatic heterocycles. The molecule has 0 saturated carbocycles. The molecule has 2 bridgehead atoms. The third-order valence-corrected chi connectivity index (χ3v) is 8.77. The van der Waals surface area contributed by atoms with Crippen LogP contribution in [0, 0.1) is 5.92 Å². The molecule has 41 heavy (non-hydrogen) atoms. The number of amides is 1. The lowest BCUT2D eigenvalue weighted by Gasteiger charge is -2.31. The van der Waals surface area contributed by atoms with Crippen molar-refractivity contribution >= 4 is 34.2 Å². The van der Waals surface area contributed by atoms with Crippen LogP contribution < -0.4 is 14.4 Å². The molecule has 0 spiro atoms. The van der Waals surface area contributed by atoms with Crippen molar-refractivity contribution in [3.8, 4) is 5.75 Å². The van der Waals surface area contributed by atoms with E-state index < -0.39 is 16.9 Å². The van der Waals surface area contributed by atoms with E-state index in [0.717, 1.165) is 55.2 Å². The number of anilines is 1. The number of carbonyl (C=O) groups excluding carboxylic acids is 1. The molecule has 2 aliphatic heterocycles. The minimum atomic E-state index is -1.71. The van der Waals surface area contributed by atoms with Crippen molar-refractivity contribution in [1.82, 2.24) is 4.72 Å². The highest BCUT2D eigenvalue weighted by molar-refractivity contribution is 7.83. The van der Waals surface area contributed by atoms with E-state index in [0.29, 0.717) is 11.5 Å². The van der Waals surface area contributed by atoms with Crippen LogP contribution in [0.2, 0.25) is 5.02 Å². The van der Waals surface area contributed by atoms with Gasteiger partial charge in [0, 0.05) is 31.1 Å². The van der Waals surface area contributed by atoms with E-state index in [9.17, 15) is 9.00 Å². The first-order valence-electron chi connectivity index (χ1n) is 14.7. The van der Waals surface area contributed by atoms with E-state index in [1.165, 1.54) is 11.1 Å². The van der Waals surface area contributed by atoms with Crippen LogP contribution in [-0.2, 0) is 31.7 Å². The molecule has 4 atom stereocenters. The van der Waals surface area contributed by atoms with Crippen LogP contribution in [-0.4, -0.2) is 56.2 Å². The highest BCUT2D eigenvalue weighted by atomic mass is 35.5. The zero-order valence-electron chi connectivity index (χ0n) is 25.0. The smallest absolute Gasteiger partial charge is 0.257 e. The number of carbonyl (C=O) groups is 1. The van der Waals surface area contributed by atoms with E-state index >= 15 is 0 Å². The van der Waals surface area contributed by atoms with E-state index in [1.807, 2.05) is 44.2 Å². The second kappa shape index (κ2) is 16.9. The number of benzene rings is 2. The lowest BCUT2D eigenvalue weighted by Crippen LogP contribution is -2.33. The van der Waals surface area contributed by atoms with Crippen LogP contribution in [0.15, 0.2) is 53.4 Å². The first-order valence-corrected chi connectivity index (χ1v) is 16.2. The highest BCUT2D eigenvalue weighted by Crippen LogP contribution is 2.38. The summed E-state index contributed by atoms with van der Waals surface area (Å²) in [5.74, 6) is 0.733. The van der Waals surface area contributed by atoms with Crippen molar-refractivity contribution in [3.63, 3.8) is 0 Å². The van der Waals surface area contributed by atoms with Crippen molar-refractivity contribution in [2.75, 3.05) is 44.9 Å². The first kappa shape index (κ1) is 33.1. The Hall–Kier alpha value is -2.39. The maximum atomic E-state index is 13.0. The van der Waals surface area contributed by atoms with Gasteiger partial charge in [0.2, 0.25) is 0 Å². The lowest BCUT2D eigenvalue weighted by molar-refractivity contribution is -0.123. The van der Waals surface area contributed by atoms with Crippen molar-refractivity contribution < 1.29 is 23.2 Å². The molecule has 1 amide bonds. The molecule has 2 heterocycles. The molecule has 0 saturated heterocycles. The summed E-state index contributed by atoms with van der Waals surface area (Å²) in [7, 11) is 0.0157. The largest absolute Gasteiger partial charge is 0.491 e. The zero-order valence-corrected chi connectivity index (χ0v) is 26.6. The summed E-state index contributed by atoms with van der Waals surface area (Å²) < 4.78 is 33.2. The average Bonchev–Trinajstić information content (AvgIpc) is 3.16. The summed E-state index contributed by atoms with van der Waals surface area (Å²) in [5.41, 5.74) is 3.38. The molecule has 0 aliphatic carbocycles. The van der Waals surface area contributed by atoms with Gasteiger partial charge in [-0.15, -0.1) is 0 Å². The molecule has 226 valence electrons. The third-order valence-electron chi connectivity index (χ3n) is 7.44. The molecule has 2 aromatic carbocycles. The SMILES string of the molecule is CC.CCCc1cc(Cl)ccc1C1COc2ccc3cc2N(CCC(CC)C(OC)/C=C/COCC(=O)NS3=O)C1. The molecule has 2 aromatic rings. The van der Waals surface area contributed by atoms with Gasteiger partial charge in [0.25, 0.3) is 5.91 Å². The summed E-state index contributed by atoms with van der Waals surface area (Å²) in [4.78, 5) is 15.2. The van der Waals surface area contributed by atoms with Gasteiger partial charge in [-0.1, -0.05) is 70.4 Å². The minimum Gasteiger partial charge on any atom is -0.491 e. The summed E-state index contributed by atoms with van der Waals surface area (Å²) in [6, 6.07) is 11.6. The molecule has 2 aliphatic rings. The lowest BCUT2D eigenvalue weighted by atomic mass is 9.91. The van der Waals surface area contributed by atoms with Gasteiger partial charge in [0.1, 0.15) is 12.4 Å². The van der Waals surface area contributed by atoms with E-state index in [1.54, 1.807) is 13.2 Å². The third kappa shape index (κ3) is 9.05. The van der Waals surface area contributed by atoms with Gasteiger partial charge in [-0.05, 0) is 60.2 Å². The second-order valence-corrected chi connectivity index (χ2v) is 11.7. The highest BCUT2D eigenvalue weighted by Gasteiger charge is 2.28. The van der Waals surface area contributed by atoms with Crippen molar-refractivity contribution in [1.29, 1.82) is 0 Å². The molecule has 0 fully saturated rings. The second-order valence-electron chi connectivity index (χ2n) is 10.1. The van der Waals surface area contributed by atoms with E-state index in [2.05, 4.69) is 35.6 Å².